The lowest BCUT2D eigenvalue weighted by Gasteiger charge is -2.13. The van der Waals surface area contributed by atoms with Gasteiger partial charge in [-0.15, -0.1) is 0 Å². The molecule has 0 spiro atoms. The van der Waals surface area contributed by atoms with Gasteiger partial charge in [0.1, 0.15) is 5.75 Å². The molecule has 6 heteroatoms. The van der Waals surface area contributed by atoms with Crippen LogP contribution in [0.4, 0.5) is 0 Å². The van der Waals surface area contributed by atoms with Crippen LogP contribution in [0, 0.1) is 17.4 Å². The molecule has 0 unspecified atom stereocenters. The molecule has 0 fully saturated rings. The van der Waals surface area contributed by atoms with Crippen molar-refractivity contribution in [2.45, 2.75) is 27.2 Å². The maximum Gasteiger partial charge on any atom is 0.271 e. The minimum absolute atomic E-state index is 0.0790. The van der Waals surface area contributed by atoms with E-state index in [-0.39, 0.29) is 11.7 Å². The molecule has 0 aliphatic rings. The van der Waals surface area contributed by atoms with Crippen LogP contribution in [0.1, 0.15) is 39.8 Å². The van der Waals surface area contributed by atoms with Gasteiger partial charge in [0.15, 0.2) is 0 Å². The number of hydrogen-bond donors (Lipinski definition) is 2. The number of phenols is 1. The van der Waals surface area contributed by atoms with E-state index in [1.165, 1.54) is 11.6 Å². The van der Waals surface area contributed by atoms with E-state index in [9.17, 15) is 9.90 Å². The minimum atomic E-state index is -0.368. The van der Waals surface area contributed by atoms with Gasteiger partial charge in [-0.25, -0.2) is 5.43 Å². The molecule has 28 heavy (non-hydrogen) atoms. The van der Waals surface area contributed by atoms with Gasteiger partial charge in [0.25, 0.3) is 5.91 Å². The highest BCUT2D eigenvalue weighted by Crippen LogP contribution is 2.23. The number of amides is 1. The number of aromatic nitrogens is 1. The second-order valence-electron chi connectivity index (χ2n) is 6.51. The molecule has 3 aromatic rings. The van der Waals surface area contributed by atoms with E-state index < -0.39 is 0 Å². The van der Waals surface area contributed by atoms with Crippen molar-refractivity contribution in [3.05, 3.63) is 80.2 Å². The molecular weight excluding hydrogens is 465 g/mol. The first-order chi connectivity index (χ1) is 13.4. The van der Waals surface area contributed by atoms with Crippen LogP contribution in [0.25, 0.3) is 5.69 Å². The SMILES string of the molecule is CCc1ccccc1-n1c(C)cc(/C=N\NC(=O)c2ccc(I)c(O)c2)c1C. The summed E-state index contributed by atoms with van der Waals surface area (Å²) >= 11 is 2.01. The minimum Gasteiger partial charge on any atom is -0.507 e. The van der Waals surface area contributed by atoms with Gasteiger partial charge in [-0.05, 0) is 78.8 Å². The first-order valence-electron chi connectivity index (χ1n) is 9.01. The first-order valence-corrected chi connectivity index (χ1v) is 10.1. The Bertz CT molecular complexity index is 1050. The molecule has 0 aliphatic heterocycles. The smallest absolute Gasteiger partial charge is 0.271 e. The molecule has 0 saturated carbocycles. The number of carbonyl (C=O) groups excluding carboxylic acids is 1. The zero-order valence-electron chi connectivity index (χ0n) is 16.0. The highest BCUT2D eigenvalue weighted by Gasteiger charge is 2.12. The van der Waals surface area contributed by atoms with Gasteiger partial charge in [0.05, 0.1) is 9.78 Å². The van der Waals surface area contributed by atoms with Crippen molar-refractivity contribution in [2.24, 2.45) is 5.10 Å². The summed E-state index contributed by atoms with van der Waals surface area (Å²) in [6.45, 7) is 6.25. The zero-order valence-corrected chi connectivity index (χ0v) is 18.2. The topological polar surface area (TPSA) is 66.6 Å². The Kier molecular flexibility index (Phi) is 6.18. The molecule has 0 aliphatic carbocycles. The summed E-state index contributed by atoms with van der Waals surface area (Å²) in [6.07, 6.45) is 2.60. The second kappa shape index (κ2) is 8.60. The second-order valence-corrected chi connectivity index (χ2v) is 7.67. The number of hydrogen-bond acceptors (Lipinski definition) is 3. The highest BCUT2D eigenvalue weighted by atomic mass is 127. The number of nitrogens with one attached hydrogen (secondary N) is 1. The Balaban J connectivity index is 1.81. The van der Waals surface area contributed by atoms with Crippen LogP contribution in [0.3, 0.4) is 0 Å². The fourth-order valence-electron chi connectivity index (χ4n) is 3.20. The lowest BCUT2D eigenvalue weighted by molar-refractivity contribution is 0.0954. The Labute approximate surface area is 178 Å². The van der Waals surface area contributed by atoms with Crippen LogP contribution in [0.15, 0.2) is 53.6 Å². The number of rotatable bonds is 5. The fraction of sp³-hybridized carbons (Fsp3) is 0.182. The molecule has 1 amide bonds. The maximum atomic E-state index is 12.2. The van der Waals surface area contributed by atoms with Crippen molar-refractivity contribution < 1.29 is 9.90 Å². The van der Waals surface area contributed by atoms with E-state index in [1.807, 2.05) is 41.6 Å². The van der Waals surface area contributed by atoms with Crippen molar-refractivity contribution in [2.75, 3.05) is 0 Å². The monoisotopic (exact) mass is 487 g/mol. The lowest BCUT2D eigenvalue weighted by atomic mass is 10.1. The Morgan fingerprint density at radius 2 is 1.96 bits per heavy atom. The van der Waals surface area contributed by atoms with Crippen molar-refractivity contribution in [1.29, 1.82) is 0 Å². The summed E-state index contributed by atoms with van der Waals surface area (Å²) in [5, 5.41) is 13.8. The molecule has 2 N–H and O–H groups in total. The lowest BCUT2D eigenvalue weighted by Crippen LogP contribution is -2.17. The van der Waals surface area contributed by atoms with Gasteiger partial charge in [-0.1, -0.05) is 25.1 Å². The number of para-hydroxylation sites is 1. The van der Waals surface area contributed by atoms with Crippen LogP contribution in [-0.4, -0.2) is 21.8 Å². The predicted molar refractivity (Wildman–Crippen MR) is 121 cm³/mol. The Morgan fingerprint density at radius 3 is 2.68 bits per heavy atom. The predicted octanol–water partition coefficient (Wildman–Crippen LogP) is 4.73. The van der Waals surface area contributed by atoms with Gasteiger partial charge in [0, 0.05) is 28.2 Å². The molecule has 2 aromatic carbocycles. The number of hydrazone groups is 1. The van der Waals surface area contributed by atoms with Crippen molar-refractivity contribution in [3.63, 3.8) is 0 Å². The number of halogens is 1. The van der Waals surface area contributed by atoms with Crippen molar-refractivity contribution in [1.82, 2.24) is 9.99 Å². The molecule has 0 radical (unpaired) electrons. The van der Waals surface area contributed by atoms with Crippen LogP contribution >= 0.6 is 22.6 Å². The number of nitrogens with zero attached hydrogens (tertiary/aromatic N) is 2. The van der Waals surface area contributed by atoms with Crippen LogP contribution in [-0.2, 0) is 6.42 Å². The van der Waals surface area contributed by atoms with Crippen molar-refractivity contribution >= 4 is 34.7 Å². The summed E-state index contributed by atoms with van der Waals surface area (Å²) in [6, 6.07) is 15.2. The highest BCUT2D eigenvalue weighted by molar-refractivity contribution is 14.1. The third-order valence-electron chi connectivity index (χ3n) is 4.66. The molecule has 144 valence electrons. The van der Waals surface area contributed by atoms with E-state index in [1.54, 1.807) is 18.3 Å². The normalized spacial score (nSPS) is 11.1. The van der Waals surface area contributed by atoms with E-state index >= 15 is 0 Å². The number of phenolic OH excluding ortho intramolecular Hbond substituents is 1. The Morgan fingerprint density at radius 1 is 1.21 bits per heavy atom. The molecule has 5 nitrogen and oxygen atoms in total. The van der Waals surface area contributed by atoms with Gasteiger partial charge in [-0.3, -0.25) is 4.79 Å². The largest absolute Gasteiger partial charge is 0.507 e. The number of benzene rings is 2. The molecule has 0 atom stereocenters. The molecule has 0 saturated heterocycles. The Hall–Kier alpha value is -2.61. The number of carbonyl (C=O) groups is 1. The van der Waals surface area contributed by atoms with Gasteiger partial charge < -0.3 is 9.67 Å². The van der Waals surface area contributed by atoms with E-state index in [0.29, 0.717) is 9.13 Å². The maximum absolute atomic E-state index is 12.2. The van der Waals surface area contributed by atoms with E-state index in [0.717, 1.165) is 29.1 Å². The summed E-state index contributed by atoms with van der Waals surface area (Å²) in [7, 11) is 0. The van der Waals surface area contributed by atoms with E-state index in [2.05, 4.69) is 47.1 Å². The molecule has 3 rings (SSSR count). The zero-order chi connectivity index (χ0) is 20.3. The van der Waals surface area contributed by atoms with Crippen LogP contribution in [0.2, 0.25) is 0 Å². The molecular formula is C22H22IN3O2. The molecule has 1 aromatic heterocycles. The van der Waals surface area contributed by atoms with Crippen LogP contribution < -0.4 is 5.43 Å². The van der Waals surface area contributed by atoms with Gasteiger partial charge in [0.2, 0.25) is 0 Å². The standard InChI is InChI=1S/C22H22IN3O2/c1-4-16-7-5-6-8-20(16)26-14(2)11-18(15(26)3)13-24-25-22(28)17-9-10-19(23)21(27)12-17/h5-13,27H,4H2,1-3H3,(H,25,28)/b24-13-. The number of aryl methyl sites for hydroxylation is 2. The summed E-state index contributed by atoms with van der Waals surface area (Å²) in [5.74, 6) is -0.288. The number of aromatic hydroxyl groups is 1. The van der Waals surface area contributed by atoms with Gasteiger partial charge >= 0.3 is 0 Å². The summed E-state index contributed by atoms with van der Waals surface area (Å²) < 4.78 is 2.90. The van der Waals surface area contributed by atoms with E-state index in [4.69, 9.17) is 0 Å². The average molecular weight is 487 g/mol. The quantitative estimate of drug-likeness (QED) is 0.311. The average Bonchev–Trinajstić information content (AvgIpc) is 2.97. The first kappa shape index (κ1) is 20.1. The summed E-state index contributed by atoms with van der Waals surface area (Å²) in [5.41, 5.74) is 8.42. The molecule has 1 heterocycles. The summed E-state index contributed by atoms with van der Waals surface area (Å²) in [4.78, 5) is 12.2. The third kappa shape index (κ3) is 4.11. The van der Waals surface area contributed by atoms with Crippen LogP contribution in [0.5, 0.6) is 5.75 Å². The molecule has 0 bridgehead atoms. The third-order valence-corrected chi connectivity index (χ3v) is 5.57. The van der Waals surface area contributed by atoms with Crippen molar-refractivity contribution in [3.8, 4) is 11.4 Å². The fourth-order valence-corrected chi connectivity index (χ4v) is 3.53. The van der Waals surface area contributed by atoms with Gasteiger partial charge in [-0.2, -0.15) is 5.10 Å².